The maximum absolute atomic E-state index is 13.1. The number of hydrogen-bond donors (Lipinski definition) is 1. The molecule has 1 atom stereocenters. The van der Waals surface area contributed by atoms with Crippen LogP contribution in [0.1, 0.15) is 50.6 Å². The SMILES string of the molecule is CCCCCN1C(=O)NC(c2cccc(OC)c2)C(c2nc(-c3ccc(SC)cc3)no2)=C1C. The number of nitrogens with zero attached hydrogens (tertiary/aromatic N) is 3. The summed E-state index contributed by atoms with van der Waals surface area (Å²) < 4.78 is 11.2. The number of allylic oxidation sites excluding steroid dienone is 1. The highest BCUT2D eigenvalue weighted by Crippen LogP contribution is 2.38. The fourth-order valence-electron chi connectivity index (χ4n) is 4.11. The van der Waals surface area contributed by atoms with Gasteiger partial charge in [-0.15, -0.1) is 11.8 Å². The molecule has 0 saturated carbocycles. The maximum Gasteiger partial charge on any atom is 0.322 e. The van der Waals surface area contributed by atoms with Crippen molar-refractivity contribution in [2.24, 2.45) is 0 Å². The molecule has 2 aromatic carbocycles. The number of benzene rings is 2. The third-order valence-electron chi connectivity index (χ3n) is 6.01. The molecule has 1 N–H and O–H groups in total. The number of ether oxygens (including phenoxy) is 1. The number of nitrogens with one attached hydrogen (secondary N) is 1. The van der Waals surface area contributed by atoms with Crippen molar-refractivity contribution in [3.63, 3.8) is 0 Å². The fraction of sp³-hybridized carbons (Fsp3) is 0.346. The van der Waals surface area contributed by atoms with Crippen LogP contribution in [0.5, 0.6) is 5.75 Å². The van der Waals surface area contributed by atoms with Gasteiger partial charge in [-0.05, 0) is 61.6 Å². The van der Waals surface area contributed by atoms with Crippen LogP contribution in [0.2, 0.25) is 0 Å². The zero-order valence-electron chi connectivity index (χ0n) is 20.0. The van der Waals surface area contributed by atoms with Crippen LogP contribution in [0.3, 0.4) is 0 Å². The van der Waals surface area contributed by atoms with E-state index in [9.17, 15) is 4.79 Å². The summed E-state index contributed by atoms with van der Waals surface area (Å²) >= 11 is 1.68. The van der Waals surface area contributed by atoms with E-state index < -0.39 is 6.04 Å². The standard InChI is InChI=1S/C26H30N4O3S/c1-5-6-7-15-30-17(2)22(23(27-26(30)31)19-9-8-10-20(16-19)32-3)25-28-24(29-33-25)18-11-13-21(34-4)14-12-18/h8-14,16,23H,5-7,15H2,1-4H3,(H,27,31). The molecule has 3 aromatic rings. The Balaban J connectivity index is 1.76. The summed E-state index contributed by atoms with van der Waals surface area (Å²) in [6.07, 6.45) is 5.11. The van der Waals surface area contributed by atoms with Crippen LogP contribution in [0.15, 0.2) is 63.6 Å². The van der Waals surface area contributed by atoms with Gasteiger partial charge in [-0.2, -0.15) is 4.98 Å². The van der Waals surface area contributed by atoms with Crippen LogP contribution < -0.4 is 10.1 Å². The molecule has 0 saturated heterocycles. The van der Waals surface area contributed by atoms with Gasteiger partial charge in [0.25, 0.3) is 5.89 Å². The summed E-state index contributed by atoms with van der Waals surface area (Å²) in [7, 11) is 1.63. The van der Waals surface area contributed by atoms with E-state index in [4.69, 9.17) is 14.2 Å². The molecule has 0 aliphatic carbocycles. The predicted octanol–water partition coefficient (Wildman–Crippen LogP) is 6.15. The Morgan fingerprint density at radius 3 is 2.68 bits per heavy atom. The van der Waals surface area contributed by atoms with Crippen molar-refractivity contribution >= 4 is 23.4 Å². The summed E-state index contributed by atoms with van der Waals surface area (Å²) in [5.41, 5.74) is 3.38. The lowest BCUT2D eigenvalue weighted by molar-refractivity contribution is 0.204. The van der Waals surface area contributed by atoms with Crippen molar-refractivity contribution in [2.75, 3.05) is 19.9 Å². The van der Waals surface area contributed by atoms with E-state index in [1.807, 2.05) is 61.7 Å². The van der Waals surface area contributed by atoms with Gasteiger partial charge in [-0.25, -0.2) is 4.79 Å². The van der Waals surface area contributed by atoms with E-state index in [0.29, 0.717) is 24.0 Å². The lowest BCUT2D eigenvalue weighted by atomic mass is 9.94. The van der Waals surface area contributed by atoms with Crippen molar-refractivity contribution < 1.29 is 14.1 Å². The summed E-state index contributed by atoms with van der Waals surface area (Å²) in [6.45, 7) is 4.73. The predicted molar refractivity (Wildman–Crippen MR) is 135 cm³/mol. The van der Waals surface area contributed by atoms with Crippen LogP contribution in [0.4, 0.5) is 4.79 Å². The van der Waals surface area contributed by atoms with Crippen LogP contribution in [0.25, 0.3) is 17.0 Å². The number of aromatic nitrogens is 2. The van der Waals surface area contributed by atoms with Crippen molar-refractivity contribution in [1.29, 1.82) is 0 Å². The number of carbonyl (C=O) groups is 1. The quantitative estimate of drug-likeness (QED) is 0.293. The van der Waals surface area contributed by atoms with E-state index in [2.05, 4.69) is 17.4 Å². The van der Waals surface area contributed by atoms with Crippen molar-refractivity contribution in [2.45, 2.75) is 44.0 Å². The molecule has 7 nitrogen and oxygen atoms in total. The monoisotopic (exact) mass is 478 g/mol. The molecule has 178 valence electrons. The summed E-state index contributed by atoms with van der Waals surface area (Å²) in [6, 6.07) is 15.2. The van der Waals surface area contributed by atoms with Crippen molar-refractivity contribution in [3.05, 3.63) is 65.7 Å². The van der Waals surface area contributed by atoms with Gasteiger partial charge in [0, 0.05) is 22.7 Å². The molecular weight excluding hydrogens is 448 g/mol. The molecule has 34 heavy (non-hydrogen) atoms. The number of methoxy groups -OCH3 is 1. The Bertz CT molecular complexity index is 1170. The Kier molecular flexibility index (Phi) is 7.57. The first-order valence-electron chi connectivity index (χ1n) is 11.5. The second-order valence-corrected chi connectivity index (χ2v) is 9.05. The fourth-order valence-corrected chi connectivity index (χ4v) is 4.52. The first-order chi connectivity index (χ1) is 16.5. The van der Waals surface area contributed by atoms with Gasteiger partial charge in [0.05, 0.1) is 18.7 Å². The number of unbranched alkanes of at least 4 members (excludes halogenated alkanes) is 2. The number of amides is 2. The number of hydrogen-bond acceptors (Lipinski definition) is 6. The van der Waals surface area contributed by atoms with Gasteiger partial charge in [0.15, 0.2) is 0 Å². The van der Waals surface area contributed by atoms with Gasteiger partial charge < -0.3 is 14.6 Å². The third kappa shape index (κ3) is 4.97. The van der Waals surface area contributed by atoms with E-state index in [1.165, 1.54) is 4.90 Å². The highest BCUT2D eigenvalue weighted by molar-refractivity contribution is 7.98. The van der Waals surface area contributed by atoms with Crippen LogP contribution in [0, 0.1) is 0 Å². The third-order valence-corrected chi connectivity index (χ3v) is 6.76. The zero-order chi connectivity index (χ0) is 24.1. The van der Waals surface area contributed by atoms with Gasteiger partial charge in [0.2, 0.25) is 5.82 Å². The first kappa shape index (κ1) is 23.9. The number of thioether (sulfide) groups is 1. The Morgan fingerprint density at radius 1 is 1.18 bits per heavy atom. The molecule has 8 heteroatoms. The number of carbonyl (C=O) groups excluding carboxylic acids is 1. The van der Waals surface area contributed by atoms with Gasteiger partial charge in [-0.3, -0.25) is 4.90 Å². The molecule has 0 radical (unpaired) electrons. The van der Waals surface area contributed by atoms with E-state index >= 15 is 0 Å². The van der Waals surface area contributed by atoms with Gasteiger partial charge in [-0.1, -0.05) is 37.1 Å². The Hall–Kier alpha value is -3.26. The van der Waals surface area contributed by atoms with Crippen LogP contribution >= 0.6 is 11.8 Å². The largest absolute Gasteiger partial charge is 0.497 e. The number of rotatable bonds is 9. The van der Waals surface area contributed by atoms with E-state index in [1.54, 1.807) is 23.8 Å². The van der Waals surface area contributed by atoms with Crippen LogP contribution in [-0.4, -0.2) is 41.0 Å². The molecule has 1 unspecified atom stereocenters. The van der Waals surface area contributed by atoms with Gasteiger partial charge in [0.1, 0.15) is 5.75 Å². The topological polar surface area (TPSA) is 80.5 Å². The maximum atomic E-state index is 13.1. The summed E-state index contributed by atoms with van der Waals surface area (Å²) in [5, 5.41) is 7.40. The van der Waals surface area contributed by atoms with E-state index in [0.717, 1.165) is 41.7 Å². The minimum Gasteiger partial charge on any atom is -0.497 e. The summed E-state index contributed by atoms with van der Waals surface area (Å²) in [4.78, 5) is 20.8. The minimum absolute atomic E-state index is 0.127. The average molecular weight is 479 g/mol. The van der Waals surface area contributed by atoms with Crippen molar-refractivity contribution in [1.82, 2.24) is 20.4 Å². The molecule has 1 aliphatic heterocycles. The molecule has 2 amide bonds. The Morgan fingerprint density at radius 2 is 1.97 bits per heavy atom. The molecule has 0 bridgehead atoms. The lowest BCUT2D eigenvalue weighted by Crippen LogP contribution is -2.46. The van der Waals surface area contributed by atoms with Gasteiger partial charge >= 0.3 is 6.03 Å². The number of urea groups is 1. The Labute approximate surface area is 204 Å². The summed E-state index contributed by atoms with van der Waals surface area (Å²) in [5.74, 6) is 1.63. The molecule has 1 aromatic heterocycles. The lowest BCUT2D eigenvalue weighted by Gasteiger charge is -2.35. The zero-order valence-corrected chi connectivity index (χ0v) is 20.8. The molecule has 4 rings (SSSR count). The second kappa shape index (κ2) is 10.8. The highest BCUT2D eigenvalue weighted by atomic mass is 32.2. The highest BCUT2D eigenvalue weighted by Gasteiger charge is 2.35. The average Bonchev–Trinajstić information content (AvgIpc) is 3.35. The second-order valence-electron chi connectivity index (χ2n) is 8.17. The smallest absolute Gasteiger partial charge is 0.322 e. The van der Waals surface area contributed by atoms with Crippen LogP contribution in [-0.2, 0) is 0 Å². The minimum atomic E-state index is -0.433. The normalized spacial score (nSPS) is 16.1. The van der Waals surface area contributed by atoms with Crippen molar-refractivity contribution in [3.8, 4) is 17.1 Å². The molecule has 0 fully saturated rings. The molecular formula is C26H30N4O3S. The first-order valence-corrected chi connectivity index (χ1v) is 12.7. The molecule has 0 spiro atoms. The molecule has 1 aliphatic rings. The molecule has 2 heterocycles. The van der Waals surface area contributed by atoms with E-state index in [-0.39, 0.29) is 6.03 Å².